The zero-order valence-electron chi connectivity index (χ0n) is 15.5. The molecule has 7 heteroatoms. The van der Waals surface area contributed by atoms with Crippen molar-refractivity contribution in [3.8, 4) is 0 Å². The summed E-state index contributed by atoms with van der Waals surface area (Å²) in [6.45, 7) is 1.97. The molecule has 2 amide bonds. The van der Waals surface area contributed by atoms with Crippen LogP contribution in [0.2, 0.25) is 0 Å². The molecule has 0 fully saturated rings. The minimum atomic E-state index is -0.256. The second-order valence-electron chi connectivity index (χ2n) is 6.17. The van der Waals surface area contributed by atoms with Gasteiger partial charge in [0, 0.05) is 30.9 Å². The van der Waals surface area contributed by atoms with E-state index in [1.165, 1.54) is 13.3 Å². The minimum Gasteiger partial charge on any atom is -0.350 e. The fraction of sp³-hybridized carbons (Fsp3) is 0.143. The second-order valence-corrected chi connectivity index (χ2v) is 6.17. The van der Waals surface area contributed by atoms with Crippen LogP contribution in [0.1, 0.15) is 23.0 Å². The van der Waals surface area contributed by atoms with Gasteiger partial charge in [0.15, 0.2) is 0 Å². The maximum atomic E-state index is 12.3. The van der Waals surface area contributed by atoms with Crippen molar-refractivity contribution in [3.63, 3.8) is 0 Å². The molecule has 3 rings (SSSR count). The highest BCUT2D eigenvalue weighted by Crippen LogP contribution is 2.19. The topological polar surface area (TPSA) is 96.0 Å². The summed E-state index contributed by atoms with van der Waals surface area (Å²) in [4.78, 5) is 31.7. The summed E-state index contributed by atoms with van der Waals surface area (Å²) in [7, 11) is 0. The van der Waals surface area contributed by atoms with E-state index in [1.807, 2.05) is 42.5 Å². The van der Waals surface area contributed by atoms with Crippen molar-refractivity contribution in [2.75, 3.05) is 17.2 Å². The summed E-state index contributed by atoms with van der Waals surface area (Å²) >= 11 is 0. The predicted molar refractivity (Wildman–Crippen MR) is 109 cm³/mol. The Morgan fingerprint density at radius 3 is 2.50 bits per heavy atom. The highest BCUT2D eigenvalue weighted by Gasteiger charge is 2.09. The first-order chi connectivity index (χ1) is 13.6. The molecule has 1 heterocycles. The van der Waals surface area contributed by atoms with E-state index < -0.39 is 0 Å². The average Bonchev–Trinajstić information content (AvgIpc) is 2.69. The Labute approximate surface area is 163 Å². The normalized spacial score (nSPS) is 10.2. The third-order valence-electron chi connectivity index (χ3n) is 3.90. The van der Waals surface area contributed by atoms with E-state index in [9.17, 15) is 9.59 Å². The lowest BCUT2D eigenvalue weighted by Gasteiger charge is -2.09. The van der Waals surface area contributed by atoms with Gasteiger partial charge in [-0.2, -0.15) is 0 Å². The van der Waals surface area contributed by atoms with Crippen molar-refractivity contribution >= 4 is 29.0 Å². The van der Waals surface area contributed by atoms with Crippen LogP contribution >= 0.6 is 0 Å². The molecule has 28 heavy (non-hydrogen) atoms. The Balaban J connectivity index is 1.60. The van der Waals surface area contributed by atoms with Crippen molar-refractivity contribution in [3.05, 3.63) is 78.2 Å². The van der Waals surface area contributed by atoms with Crippen molar-refractivity contribution < 1.29 is 9.59 Å². The van der Waals surface area contributed by atoms with Crippen LogP contribution in [0, 0.1) is 0 Å². The summed E-state index contributed by atoms with van der Waals surface area (Å²) in [5.41, 5.74) is 2.85. The van der Waals surface area contributed by atoms with Crippen LogP contribution in [0.3, 0.4) is 0 Å². The quantitative estimate of drug-likeness (QED) is 0.590. The Morgan fingerprint density at radius 2 is 1.71 bits per heavy atom. The smallest absolute Gasteiger partial charge is 0.270 e. The molecule has 0 spiro atoms. The SMILES string of the molecule is CC(=O)Nc1cccc(Nc2cc(C(=O)NCCc3ccccc3)ncn2)c1. The molecular weight excluding hydrogens is 354 g/mol. The third-order valence-corrected chi connectivity index (χ3v) is 3.90. The largest absolute Gasteiger partial charge is 0.350 e. The first-order valence-electron chi connectivity index (χ1n) is 8.89. The number of amides is 2. The van der Waals surface area contributed by atoms with E-state index in [1.54, 1.807) is 18.2 Å². The van der Waals surface area contributed by atoms with Gasteiger partial charge in [-0.3, -0.25) is 9.59 Å². The van der Waals surface area contributed by atoms with Crippen molar-refractivity contribution in [2.45, 2.75) is 13.3 Å². The number of aromatic nitrogens is 2. The molecule has 0 unspecified atom stereocenters. The minimum absolute atomic E-state index is 0.145. The van der Waals surface area contributed by atoms with Gasteiger partial charge in [0.2, 0.25) is 5.91 Å². The van der Waals surface area contributed by atoms with E-state index in [0.29, 0.717) is 18.1 Å². The van der Waals surface area contributed by atoms with Gasteiger partial charge in [-0.15, -0.1) is 0 Å². The van der Waals surface area contributed by atoms with E-state index in [2.05, 4.69) is 25.9 Å². The number of anilines is 3. The predicted octanol–water partition coefficient (Wildman–Crippen LogP) is 3.15. The van der Waals surface area contributed by atoms with Gasteiger partial charge >= 0.3 is 0 Å². The Hall–Kier alpha value is -3.74. The van der Waals surface area contributed by atoms with E-state index in [0.717, 1.165) is 17.7 Å². The van der Waals surface area contributed by atoms with Crippen molar-refractivity contribution in [1.82, 2.24) is 15.3 Å². The maximum absolute atomic E-state index is 12.3. The van der Waals surface area contributed by atoms with Crippen LogP contribution < -0.4 is 16.0 Å². The molecule has 0 aliphatic carbocycles. The highest BCUT2D eigenvalue weighted by atomic mass is 16.2. The molecule has 3 aromatic rings. The number of benzene rings is 2. The second kappa shape index (κ2) is 9.27. The summed E-state index contributed by atoms with van der Waals surface area (Å²) in [6.07, 6.45) is 2.09. The van der Waals surface area contributed by atoms with Crippen LogP contribution in [-0.4, -0.2) is 28.3 Å². The number of nitrogens with one attached hydrogen (secondary N) is 3. The fourth-order valence-corrected chi connectivity index (χ4v) is 2.63. The fourth-order valence-electron chi connectivity index (χ4n) is 2.63. The zero-order chi connectivity index (χ0) is 19.8. The van der Waals surface area contributed by atoms with Gasteiger partial charge in [0.1, 0.15) is 17.8 Å². The van der Waals surface area contributed by atoms with Crippen LogP contribution in [0.5, 0.6) is 0 Å². The Morgan fingerprint density at radius 1 is 0.929 bits per heavy atom. The van der Waals surface area contributed by atoms with Crippen molar-refractivity contribution in [1.29, 1.82) is 0 Å². The van der Waals surface area contributed by atoms with Crippen LogP contribution in [0.25, 0.3) is 0 Å². The molecule has 0 aliphatic heterocycles. The number of nitrogens with zero attached hydrogens (tertiary/aromatic N) is 2. The van der Waals surface area contributed by atoms with E-state index in [4.69, 9.17) is 0 Å². The lowest BCUT2D eigenvalue weighted by atomic mass is 10.1. The monoisotopic (exact) mass is 375 g/mol. The van der Waals surface area contributed by atoms with Crippen LogP contribution in [0.15, 0.2) is 67.0 Å². The summed E-state index contributed by atoms with van der Waals surface area (Å²) in [5, 5.41) is 8.70. The van der Waals surface area contributed by atoms with Gasteiger partial charge in [0.25, 0.3) is 5.91 Å². The lowest BCUT2D eigenvalue weighted by Crippen LogP contribution is -2.26. The summed E-state index contributed by atoms with van der Waals surface area (Å²) in [6, 6.07) is 18.8. The highest BCUT2D eigenvalue weighted by molar-refractivity contribution is 5.93. The maximum Gasteiger partial charge on any atom is 0.270 e. The van der Waals surface area contributed by atoms with Gasteiger partial charge in [-0.25, -0.2) is 9.97 Å². The molecule has 2 aromatic carbocycles. The van der Waals surface area contributed by atoms with Crippen LogP contribution in [-0.2, 0) is 11.2 Å². The number of rotatable bonds is 7. The average molecular weight is 375 g/mol. The molecule has 7 nitrogen and oxygen atoms in total. The van der Waals surface area contributed by atoms with Crippen molar-refractivity contribution in [2.24, 2.45) is 0 Å². The molecule has 0 saturated carbocycles. The molecule has 3 N–H and O–H groups in total. The van der Waals surface area contributed by atoms with Gasteiger partial charge < -0.3 is 16.0 Å². The molecule has 0 bridgehead atoms. The molecule has 0 radical (unpaired) electrons. The standard InChI is InChI=1S/C21H21N5O2/c1-15(27)25-17-8-5-9-18(12-17)26-20-13-19(23-14-24-20)21(28)22-11-10-16-6-3-2-4-7-16/h2-9,12-14H,10-11H2,1H3,(H,22,28)(H,25,27)(H,23,24,26). The van der Waals surface area contributed by atoms with Gasteiger partial charge in [0.05, 0.1) is 0 Å². The Kier molecular flexibility index (Phi) is 6.30. The molecule has 0 atom stereocenters. The number of hydrogen-bond acceptors (Lipinski definition) is 5. The van der Waals surface area contributed by atoms with E-state index >= 15 is 0 Å². The first-order valence-corrected chi connectivity index (χ1v) is 8.89. The number of hydrogen-bond donors (Lipinski definition) is 3. The first kappa shape index (κ1) is 19.0. The molecular formula is C21H21N5O2. The molecule has 0 aliphatic rings. The number of carbonyl (C=O) groups is 2. The third kappa shape index (κ3) is 5.63. The Bertz CT molecular complexity index is 960. The van der Waals surface area contributed by atoms with Gasteiger partial charge in [-0.05, 0) is 30.2 Å². The molecule has 0 saturated heterocycles. The summed E-state index contributed by atoms with van der Waals surface area (Å²) < 4.78 is 0. The summed E-state index contributed by atoms with van der Waals surface area (Å²) in [5.74, 6) is 0.0882. The molecule has 1 aromatic heterocycles. The van der Waals surface area contributed by atoms with Crippen LogP contribution in [0.4, 0.5) is 17.2 Å². The molecule has 142 valence electrons. The van der Waals surface area contributed by atoms with Gasteiger partial charge in [-0.1, -0.05) is 36.4 Å². The number of carbonyl (C=O) groups excluding carboxylic acids is 2. The zero-order valence-corrected chi connectivity index (χ0v) is 15.5. The lowest BCUT2D eigenvalue weighted by molar-refractivity contribution is -0.114. The van der Waals surface area contributed by atoms with E-state index in [-0.39, 0.29) is 17.5 Å².